The van der Waals surface area contributed by atoms with E-state index in [0.717, 1.165) is 23.2 Å². The molecule has 0 unspecified atom stereocenters. The van der Waals surface area contributed by atoms with E-state index in [1.807, 2.05) is 6.92 Å². The lowest BCUT2D eigenvalue weighted by molar-refractivity contribution is -0.136. The number of nitrogens with zero attached hydrogens (tertiary/aromatic N) is 3. The van der Waals surface area contributed by atoms with Crippen molar-refractivity contribution in [1.29, 1.82) is 0 Å². The zero-order chi connectivity index (χ0) is 21.5. The van der Waals surface area contributed by atoms with Crippen molar-refractivity contribution in [2.24, 2.45) is 0 Å². The highest BCUT2D eigenvalue weighted by atomic mass is 32.2. The van der Waals surface area contributed by atoms with Gasteiger partial charge < -0.3 is 5.73 Å². The number of nitrogens with two attached hydrogens (primary N) is 1. The van der Waals surface area contributed by atoms with Crippen molar-refractivity contribution in [2.45, 2.75) is 17.4 Å². The number of thioether (sulfide) groups is 1. The van der Waals surface area contributed by atoms with Gasteiger partial charge in [0.25, 0.3) is 5.91 Å². The fourth-order valence-corrected chi connectivity index (χ4v) is 6.00. The molecule has 0 aromatic carbocycles. The Bertz CT molecular complexity index is 1220. The van der Waals surface area contributed by atoms with Crippen molar-refractivity contribution in [3.63, 3.8) is 0 Å². The van der Waals surface area contributed by atoms with Crippen LogP contribution in [0.4, 0.5) is 24.0 Å². The van der Waals surface area contributed by atoms with Crippen molar-refractivity contribution < 1.29 is 18.0 Å². The summed E-state index contributed by atoms with van der Waals surface area (Å²) in [6.07, 6.45) is -4.65. The van der Waals surface area contributed by atoms with Crippen molar-refractivity contribution in [3.05, 3.63) is 34.0 Å². The third-order valence-electron chi connectivity index (χ3n) is 3.88. The van der Waals surface area contributed by atoms with Crippen LogP contribution in [0.1, 0.15) is 22.2 Å². The van der Waals surface area contributed by atoms with Gasteiger partial charge in [0.2, 0.25) is 5.13 Å². The molecule has 0 atom stereocenters. The number of nitrogens with one attached hydrogen (secondary N) is 1. The number of anilines is 2. The number of alkyl halides is 3. The minimum atomic E-state index is -4.65. The largest absolute Gasteiger partial charge is 0.417 e. The molecule has 0 radical (unpaired) electrons. The topological polar surface area (TPSA) is 93.8 Å². The van der Waals surface area contributed by atoms with Crippen LogP contribution in [-0.2, 0) is 6.18 Å². The Hall–Kier alpha value is -2.22. The number of rotatable bonds is 5. The molecule has 6 nitrogen and oxygen atoms in total. The SMILES string of the molecule is CCSc1nnc(NC(=O)c2sc3nc(-c4cccs4)cc(C(F)(F)F)c3c2N)s1. The summed E-state index contributed by atoms with van der Waals surface area (Å²) in [7, 11) is 0. The molecule has 0 fully saturated rings. The molecule has 30 heavy (non-hydrogen) atoms. The van der Waals surface area contributed by atoms with Crippen LogP contribution >= 0.6 is 45.8 Å². The van der Waals surface area contributed by atoms with Crippen LogP contribution < -0.4 is 11.1 Å². The van der Waals surface area contributed by atoms with E-state index >= 15 is 0 Å². The van der Waals surface area contributed by atoms with E-state index in [1.54, 1.807) is 17.5 Å². The molecule has 0 bridgehead atoms. The van der Waals surface area contributed by atoms with Crippen LogP contribution in [0.15, 0.2) is 27.9 Å². The molecule has 4 aromatic heterocycles. The third kappa shape index (κ3) is 4.02. The molecule has 13 heteroatoms. The maximum atomic E-state index is 13.8. The molecular weight excluding hydrogens is 475 g/mol. The van der Waals surface area contributed by atoms with Gasteiger partial charge in [0.1, 0.15) is 9.71 Å². The number of carbonyl (C=O) groups is 1. The summed E-state index contributed by atoms with van der Waals surface area (Å²) in [6, 6.07) is 4.39. The van der Waals surface area contributed by atoms with E-state index in [2.05, 4.69) is 20.5 Å². The standard InChI is InChI=1S/C17H12F3N5OS4/c1-2-27-16-25-24-15(30-16)23-13(26)12-11(21)10-7(17(18,19)20)6-8(22-14(10)29-12)9-4-3-5-28-9/h3-6H,2,21H2,1H3,(H,23,24,26). The Morgan fingerprint density at radius 1 is 1.30 bits per heavy atom. The first-order chi connectivity index (χ1) is 14.3. The number of hydrogen-bond donors (Lipinski definition) is 2. The minimum Gasteiger partial charge on any atom is -0.397 e. The van der Waals surface area contributed by atoms with Crippen LogP contribution in [0.25, 0.3) is 20.8 Å². The molecule has 0 aliphatic heterocycles. The first kappa shape index (κ1) is 21.0. The first-order valence-corrected chi connectivity index (χ1v) is 11.9. The van der Waals surface area contributed by atoms with Crippen LogP contribution in [0, 0.1) is 0 Å². The lowest BCUT2D eigenvalue weighted by atomic mass is 10.1. The highest BCUT2D eigenvalue weighted by molar-refractivity contribution is 8.01. The van der Waals surface area contributed by atoms with Gasteiger partial charge in [0.05, 0.1) is 21.8 Å². The molecule has 3 N–H and O–H groups in total. The molecule has 4 aromatic rings. The highest BCUT2D eigenvalue weighted by Crippen LogP contribution is 2.44. The Morgan fingerprint density at radius 3 is 2.77 bits per heavy atom. The zero-order valence-corrected chi connectivity index (χ0v) is 18.4. The number of carbonyl (C=O) groups excluding carboxylic acids is 1. The fraction of sp³-hybridized carbons (Fsp3) is 0.176. The molecular formula is C17H12F3N5OS4. The van der Waals surface area contributed by atoms with Gasteiger partial charge in [0, 0.05) is 5.39 Å². The molecule has 1 amide bonds. The number of fused-ring (bicyclic) bond motifs is 1. The number of halogens is 3. The summed E-state index contributed by atoms with van der Waals surface area (Å²) in [5, 5.41) is 12.1. The number of thiophene rings is 2. The average molecular weight is 488 g/mol. The molecule has 0 spiro atoms. The number of amides is 1. The van der Waals surface area contributed by atoms with E-state index in [1.165, 1.54) is 34.4 Å². The molecule has 0 aliphatic rings. The Balaban J connectivity index is 1.77. The fourth-order valence-electron chi connectivity index (χ4n) is 2.66. The van der Waals surface area contributed by atoms with Gasteiger partial charge >= 0.3 is 6.18 Å². The van der Waals surface area contributed by atoms with Gasteiger partial charge in [-0.05, 0) is 23.3 Å². The average Bonchev–Trinajstić information content (AvgIpc) is 3.42. The zero-order valence-electron chi connectivity index (χ0n) is 15.1. The van der Waals surface area contributed by atoms with Gasteiger partial charge in [-0.25, -0.2) is 4.98 Å². The summed E-state index contributed by atoms with van der Waals surface area (Å²) < 4.78 is 42.0. The van der Waals surface area contributed by atoms with Gasteiger partial charge in [-0.15, -0.1) is 32.9 Å². The first-order valence-electron chi connectivity index (χ1n) is 8.39. The predicted octanol–water partition coefficient (Wildman–Crippen LogP) is 5.84. The number of pyridine rings is 1. The summed E-state index contributed by atoms with van der Waals surface area (Å²) in [6.45, 7) is 1.96. The lowest BCUT2D eigenvalue weighted by Crippen LogP contribution is -2.12. The third-order valence-corrected chi connectivity index (χ3v) is 7.72. The van der Waals surface area contributed by atoms with E-state index in [0.29, 0.717) is 9.22 Å². The molecule has 0 saturated carbocycles. The second kappa shape index (κ2) is 8.13. The van der Waals surface area contributed by atoms with Gasteiger partial charge in [-0.1, -0.05) is 36.1 Å². The van der Waals surface area contributed by atoms with Gasteiger partial charge in [0.15, 0.2) is 4.34 Å². The van der Waals surface area contributed by atoms with Crippen LogP contribution in [-0.4, -0.2) is 26.8 Å². The molecule has 4 heterocycles. The summed E-state index contributed by atoms with van der Waals surface area (Å²) in [5.74, 6) is 0.148. The second-order valence-electron chi connectivity index (χ2n) is 5.82. The van der Waals surface area contributed by atoms with E-state index in [9.17, 15) is 18.0 Å². The van der Waals surface area contributed by atoms with Crippen LogP contribution in [0.2, 0.25) is 0 Å². The maximum absolute atomic E-state index is 13.8. The van der Waals surface area contributed by atoms with Crippen molar-refractivity contribution in [2.75, 3.05) is 16.8 Å². The van der Waals surface area contributed by atoms with Crippen molar-refractivity contribution in [1.82, 2.24) is 15.2 Å². The highest BCUT2D eigenvalue weighted by Gasteiger charge is 2.36. The second-order valence-corrected chi connectivity index (χ2v) is 10.3. The Morgan fingerprint density at radius 2 is 2.10 bits per heavy atom. The quantitative estimate of drug-likeness (QED) is 0.271. The normalized spacial score (nSPS) is 11.9. The van der Waals surface area contributed by atoms with Crippen molar-refractivity contribution >= 4 is 72.7 Å². The van der Waals surface area contributed by atoms with Gasteiger partial charge in [-0.3, -0.25) is 10.1 Å². The molecule has 4 rings (SSSR count). The maximum Gasteiger partial charge on any atom is 0.417 e. The summed E-state index contributed by atoms with van der Waals surface area (Å²) >= 11 is 4.74. The molecule has 0 aliphatic carbocycles. The van der Waals surface area contributed by atoms with E-state index in [-0.39, 0.29) is 31.6 Å². The van der Waals surface area contributed by atoms with Gasteiger partial charge in [-0.2, -0.15) is 13.2 Å². The van der Waals surface area contributed by atoms with E-state index < -0.39 is 17.6 Å². The predicted molar refractivity (Wildman–Crippen MR) is 117 cm³/mol. The summed E-state index contributed by atoms with van der Waals surface area (Å²) in [5.41, 5.74) is 5.00. The Kier molecular flexibility index (Phi) is 5.70. The smallest absolute Gasteiger partial charge is 0.397 e. The number of hydrogen-bond acceptors (Lipinski definition) is 9. The number of aromatic nitrogens is 3. The summed E-state index contributed by atoms with van der Waals surface area (Å²) in [4.78, 5) is 17.6. The molecule has 156 valence electrons. The Labute approximate surface area is 184 Å². The number of nitrogen functional groups attached to an aromatic ring is 1. The van der Waals surface area contributed by atoms with Crippen LogP contribution in [0.3, 0.4) is 0 Å². The van der Waals surface area contributed by atoms with E-state index in [4.69, 9.17) is 5.73 Å². The molecule has 0 saturated heterocycles. The minimum absolute atomic E-state index is 0.0498. The van der Waals surface area contributed by atoms with Crippen LogP contribution in [0.5, 0.6) is 0 Å². The lowest BCUT2D eigenvalue weighted by Gasteiger charge is -2.10. The monoisotopic (exact) mass is 487 g/mol. The van der Waals surface area contributed by atoms with Crippen molar-refractivity contribution in [3.8, 4) is 10.6 Å².